The molecule has 2 saturated heterocycles. The summed E-state index contributed by atoms with van der Waals surface area (Å²) in [5.74, 6) is -0.0911. The molecule has 1 atom stereocenters. The molecule has 5 nitrogen and oxygen atoms in total. The summed E-state index contributed by atoms with van der Waals surface area (Å²) in [6, 6.07) is 16.5. The summed E-state index contributed by atoms with van der Waals surface area (Å²) in [4.78, 5) is 16.4. The highest BCUT2D eigenvalue weighted by atomic mass is 35.5. The van der Waals surface area contributed by atoms with Gasteiger partial charge in [-0.1, -0.05) is 73.0 Å². The second-order valence-corrected chi connectivity index (χ2v) is 12.9. The molecule has 0 aromatic heterocycles. The largest absolute Gasteiger partial charge is 0.487 e. The molecule has 6 heteroatoms. The summed E-state index contributed by atoms with van der Waals surface area (Å²) in [7, 11) is 0. The molecule has 0 bridgehead atoms. The van der Waals surface area contributed by atoms with Crippen molar-refractivity contribution in [2.45, 2.75) is 84.9 Å². The average molecular weight is 615 g/mol. The summed E-state index contributed by atoms with van der Waals surface area (Å²) in [5, 5.41) is 10.2. The predicted molar refractivity (Wildman–Crippen MR) is 181 cm³/mol. The first-order chi connectivity index (χ1) is 21.3. The van der Waals surface area contributed by atoms with Gasteiger partial charge in [0, 0.05) is 13.1 Å². The Morgan fingerprint density at radius 3 is 2.43 bits per heavy atom. The lowest BCUT2D eigenvalue weighted by Gasteiger charge is -2.33. The number of carboxylic acids is 1. The minimum atomic E-state index is -0.743. The molecule has 1 N–H and O–H groups in total. The molecule has 0 saturated carbocycles. The van der Waals surface area contributed by atoms with Gasteiger partial charge >= 0.3 is 5.97 Å². The molecule has 0 unspecified atom stereocenters. The number of aliphatic carboxylic acids is 1. The van der Waals surface area contributed by atoms with Gasteiger partial charge < -0.3 is 14.7 Å². The number of carboxylic acid groups (broad SMARTS) is 1. The zero-order valence-corrected chi connectivity index (χ0v) is 27.3. The van der Waals surface area contributed by atoms with Crippen molar-refractivity contribution in [1.29, 1.82) is 0 Å². The van der Waals surface area contributed by atoms with E-state index in [0.717, 1.165) is 49.0 Å². The highest BCUT2D eigenvalue weighted by Crippen LogP contribution is 2.34. The van der Waals surface area contributed by atoms with Crippen LogP contribution in [0.15, 0.2) is 54.6 Å². The van der Waals surface area contributed by atoms with Crippen molar-refractivity contribution in [3.05, 3.63) is 93.0 Å². The minimum absolute atomic E-state index is 0.417. The number of benzene rings is 3. The summed E-state index contributed by atoms with van der Waals surface area (Å²) >= 11 is 6.72. The van der Waals surface area contributed by atoms with Crippen molar-refractivity contribution < 1.29 is 14.6 Å². The van der Waals surface area contributed by atoms with Gasteiger partial charge in [-0.2, -0.15) is 0 Å². The third-order valence-corrected chi connectivity index (χ3v) is 9.81. The molecule has 2 heterocycles. The van der Waals surface area contributed by atoms with Gasteiger partial charge in [-0.15, -0.1) is 0 Å². The number of hydrogen-bond donors (Lipinski definition) is 1. The second-order valence-electron chi connectivity index (χ2n) is 12.5. The predicted octanol–water partition coefficient (Wildman–Crippen LogP) is 8.84. The maximum Gasteiger partial charge on any atom is 0.320 e. The van der Waals surface area contributed by atoms with Crippen LogP contribution in [0.3, 0.4) is 0 Å². The van der Waals surface area contributed by atoms with Crippen molar-refractivity contribution in [2.24, 2.45) is 0 Å². The van der Waals surface area contributed by atoms with Gasteiger partial charge in [0.2, 0.25) is 0 Å². The lowest BCUT2D eigenvalue weighted by Crippen LogP contribution is -2.44. The van der Waals surface area contributed by atoms with Gasteiger partial charge in [-0.05, 0) is 129 Å². The lowest BCUT2D eigenvalue weighted by molar-refractivity contribution is -0.144. The van der Waals surface area contributed by atoms with Crippen molar-refractivity contribution in [1.82, 2.24) is 9.80 Å². The van der Waals surface area contributed by atoms with Crippen LogP contribution in [0.2, 0.25) is 5.02 Å². The molecule has 44 heavy (non-hydrogen) atoms. The van der Waals surface area contributed by atoms with Gasteiger partial charge in [0.15, 0.2) is 0 Å². The summed E-state index contributed by atoms with van der Waals surface area (Å²) in [6.07, 6.45) is 12.4. The van der Waals surface area contributed by atoms with Gasteiger partial charge in [0.25, 0.3) is 0 Å². The van der Waals surface area contributed by atoms with Crippen molar-refractivity contribution in [3.63, 3.8) is 0 Å². The van der Waals surface area contributed by atoms with Crippen LogP contribution >= 0.6 is 11.6 Å². The average Bonchev–Trinajstić information content (AvgIpc) is 3.02. The smallest absolute Gasteiger partial charge is 0.320 e. The van der Waals surface area contributed by atoms with Crippen LogP contribution in [0.25, 0.3) is 17.2 Å². The van der Waals surface area contributed by atoms with Crippen molar-refractivity contribution in [2.75, 3.05) is 26.2 Å². The molecular formula is C38H47ClN2O3. The van der Waals surface area contributed by atoms with Gasteiger partial charge in [0.05, 0.1) is 5.02 Å². The number of aryl methyl sites for hydroxylation is 1. The number of piperidine rings is 2. The van der Waals surface area contributed by atoms with Crippen LogP contribution < -0.4 is 4.74 Å². The number of carbonyl (C=O) groups is 1. The Labute approximate surface area is 268 Å². The van der Waals surface area contributed by atoms with Crippen molar-refractivity contribution >= 4 is 23.6 Å². The third kappa shape index (κ3) is 7.93. The Hall–Kier alpha value is -3.12. The molecule has 0 radical (unpaired) electrons. The number of nitrogens with zero attached hydrogens (tertiary/aromatic N) is 2. The Morgan fingerprint density at radius 1 is 0.932 bits per heavy atom. The maximum atomic E-state index is 11.8. The third-order valence-electron chi connectivity index (χ3n) is 9.52. The Balaban J connectivity index is 1.26. The summed E-state index contributed by atoms with van der Waals surface area (Å²) < 4.78 is 6.29. The van der Waals surface area contributed by atoms with E-state index >= 15 is 0 Å². The van der Waals surface area contributed by atoms with Gasteiger partial charge in [-0.3, -0.25) is 9.69 Å². The van der Waals surface area contributed by atoms with Crippen LogP contribution in [0, 0.1) is 20.8 Å². The Morgan fingerprint density at radius 2 is 1.66 bits per heavy atom. The van der Waals surface area contributed by atoms with Crippen LogP contribution in [0.4, 0.5) is 0 Å². The van der Waals surface area contributed by atoms with E-state index in [2.05, 4.69) is 72.2 Å². The fourth-order valence-corrected chi connectivity index (χ4v) is 6.96. The fraction of sp³-hybridized carbons (Fsp3) is 0.447. The van der Waals surface area contributed by atoms with E-state index in [1.807, 2.05) is 19.1 Å². The molecule has 2 fully saturated rings. The van der Waals surface area contributed by atoms with Gasteiger partial charge in [0.1, 0.15) is 18.4 Å². The molecule has 234 valence electrons. The lowest BCUT2D eigenvalue weighted by atomic mass is 9.91. The van der Waals surface area contributed by atoms with Crippen LogP contribution in [-0.2, 0) is 17.9 Å². The SMILES string of the molecule is Cc1cc(OCc2cccc(-c3cccc(/C=C/CCN4CCCCC4)c3C)c2C)c(Cl)cc1CN1CCCC[C@H]1C(=O)O. The van der Waals surface area contributed by atoms with E-state index in [4.69, 9.17) is 16.3 Å². The van der Waals surface area contributed by atoms with E-state index in [9.17, 15) is 9.90 Å². The number of rotatable bonds is 11. The number of hydrogen-bond acceptors (Lipinski definition) is 4. The summed E-state index contributed by atoms with van der Waals surface area (Å²) in [5.41, 5.74) is 9.46. The summed E-state index contributed by atoms with van der Waals surface area (Å²) in [6.45, 7) is 11.8. The maximum absolute atomic E-state index is 11.8. The normalized spacial score (nSPS) is 18.1. The Kier molecular flexibility index (Phi) is 11.2. The first-order valence-corrected chi connectivity index (χ1v) is 16.7. The molecule has 0 spiro atoms. The van der Waals surface area contributed by atoms with E-state index in [0.29, 0.717) is 30.3 Å². The van der Waals surface area contributed by atoms with Gasteiger partial charge in [-0.25, -0.2) is 0 Å². The molecule has 3 aromatic rings. The molecule has 2 aliphatic rings. The highest BCUT2D eigenvalue weighted by Gasteiger charge is 2.28. The molecule has 2 aliphatic heterocycles. The van der Waals surface area contributed by atoms with E-state index in [-0.39, 0.29) is 0 Å². The number of likely N-dealkylation sites (tertiary alicyclic amines) is 2. The van der Waals surface area contributed by atoms with E-state index in [1.54, 1.807) is 0 Å². The molecule has 5 rings (SSSR count). The first kappa shape index (κ1) is 32.3. The first-order valence-electron chi connectivity index (χ1n) is 16.3. The van der Waals surface area contributed by atoms with E-state index < -0.39 is 12.0 Å². The van der Waals surface area contributed by atoms with Crippen LogP contribution in [0.1, 0.15) is 78.3 Å². The second kappa shape index (κ2) is 15.2. The molecule has 3 aromatic carbocycles. The molecular weight excluding hydrogens is 568 g/mol. The number of ether oxygens (including phenoxy) is 1. The Bertz CT molecular complexity index is 1480. The van der Waals surface area contributed by atoms with Crippen LogP contribution in [0.5, 0.6) is 5.75 Å². The minimum Gasteiger partial charge on any atom is -0.487 e. The monoisotopic (exact) mass is 614 g/mol. The molecule has 0 amide bonds. The zero-order valence-electron chi connectivity index (χ0n) is 26.6. The number of halogens is 1. The quantitative estimate of drug-likeness (QED) is 0.234. The van der Waals surface area contributed by atoms with Crippen molar-refractivity contribution in [3.8, 4) is 16.9 Å². The van der Waals surface area contributed by atoms with E-state index in [1.165, 1.54) is 60.2 Å². The molecule has 0 aliphatic carbocycles. The highest BCUT2D eigenvalue weighted by molar-refractivity contribution is 6.32. The zero-order chi connectivity index (χ0) is 31.1. The van der Waals surface area contributed by atoms with Crippen LogP contribution in [-0.4, -0.2) is 53.1 Å². The topological polar surface area (TPSA) is 53.0 Å². The standard InChI is InChI=1S/C38H47ClN2O3/c1-27-23-37(35(39)24-32(27)25-41-22-10-6-18-36(41)38(42)43)44-26-31-15-12-17-34(29(31)3)33-16-11-14-30(28(33)2)13-5-9-21-40-19-7-4-8-20-40/h5,11-17,23-24,36H,4,6-10,18-22,25-26H2,1-3H3,(H,42,43)/b13-5+/t36-/m0/s1. The fourth-order valence-electron chi connectivity index (χ4n) is 6.72.